The first-order valence-corrected chi connectivity index (χ1v) is 11.4. The Kier molecular flexibility index (Phi) is 7.18. The number of amides is 1. The number of carbonyl (C=O) groups excluding carboxylic acids is 1. The molecule has 1 aromatic heterocycles. The molecule has 7 nitrogen and oxygen atoms in total. The van der Waals surface area contributed by atoms with Crippen LogP contribution in [-0.4, -0.2) is 72.1 Å². The van der Waals surface area contributed by atoms with Crippen LogP contribution in [0.1, 0.15) is 48.1 Å². The van der Waals surface area contributed by atoms with Crippen LogP contribution >= 0.6 is 11.3 Å². The minimum absolute atomic E-state index is 0.0325. The number of hydrogen-bond donors (Lipinski definition) is 0. The van der Waals surface area contributed by atoms with E-state index in [-0.39, 0.29) is 5.91 Å². The summed E-state index contributed by atoms with van der Waals surface area (Å²) in [7, 11) is -3.44. The van der Waals surface area contributed by atoms with Crippen molar-refractivity contribution in [1.29, 1.82) is 0 Å². The minimum Gasteiger partial charge on any atom is -0.335 e. The maximum Gasteiger partial charge on any atom is 0.282 e. The molecule has 0 aliphatic carbocycles. The number of aromatic nitrogens is 1. The predicted molar refractivity (Wildman–Crippen MR) is 105 cm³/mol. The standard InChI is InChI=1S/C17H30N4O3S2/c1-6-20(7-2)26(23,24)21-10-8-19(9-11-21)17(22)16-14(5)18-15(25-16)12-13(3)4/h13H,6-12H2,1-5H3. The van der Waals surface area contributed by atoms with Gasteiger partial charge in [-0.05, 0) is 12.8 Å². The fraction of sp³-hybridized carbons (Fsp3) is 0.765. The normalized spacial score (nSPS) is 16.7. The van der Waals surface area contributed by atoms with Gasteiger partial charge < -0.3 is 4.90 Å². The van der Waals surface area contributed by atoms with Gasteiger partial charge in [0.05, 0.1) is 10.7 Å². The van der Waals surface area contributed by atoms with Crippen LogP contribution in [0.25, 0.3) is 0 Å². The Morgan fingerprint density at radius 3 is 2.27 bits per heavy atom. The maximum atomic E-state index is 12.8. The molecule has 0 saturated carbocycles. The summed E-state index contributed by atoms with van der Waals surface area (Å²) in [6, 6.07) is 0. The zero-order valence-corrected chi connectivity index (χ0v) is 18.0. The van der Waals surface area contributed by atoms with E-state index in [2.05, 4.69) is 18.8 Å². The molecular formula is C17H30N4O3S2. The van der Waals surface area contributed by atoms with Gasteiger partial charge in [-0.3, -0.25) is 4.79 Å². The molecule has 0 spiro atoms. The van der Waals surface area contributed by atoms with Gasteiger partial charge in [-0.25, -0.2) is 4.98 Å². The second-order valence-electron chi connectivity index (χ2n) is 6.90. The molecule has 1 aromatic rings. The second-order valence-corrected chi connectivity index (χ2v) is 9.92. The summed E-state index contributed by atoms with van der Waals surface area (Å²) >= 11 is 1.47. The fourth-order valence-corrected chi connectivity index (χ4v) is 5.91. The van der Waals surface area contributed by atoms with E-state index < -0.39 is 10.2 Å². The Hall–Kier alpha value is -1.03. The molecule has 0 unspecified atom stereocenters. The predicted octanol–water partition coefficient (Wildman–Crippen LogP) is 1.99. The number of piperazine rings is 1. The molecule has 9 heteroatoms. The first kappa shape index (κ1) is 21.3. The van der Waals surface area contributed by atoms with Crippen molar-refractivity contribution in [3.8, 4) is 0 Å². The van der Waals surface area contributed by atoms with Crippen LogP contribution in [0.15, 0.2) is 0 Å². The SMILES string of the molecule is CCN(CC)S(=O)(=O)N1CCN(C(=O)c2sc(CC(C)C)nc2C)CC1. The number of nitrogens with zero attached hydrogens (tertiary/aromatic N) is 4. The van der Waals surface area contributed by atoms with E-state index in [1.54, 1.807) is 4.90 Å². The average Bonchev–Trinajstić information content (AvgIpc) is 2.94. The molecule has 0 radical (unpaired) electrons. The molecule has 0 N–H and O–H groups in total. The van der Waals surface area contributed by atoms with E-state index in [0.717, 1.165) is 17.1 Å². The highest BCUT2D eigenvalue weighted by molar-refractivity contribution is 7.86. The highest BCUT2D eigenvalue weighted by atomic mass is 32.2. The number of aryl methyl sites for hydroxylation is 1. The van der Waals surface area contributed by atoms with E-state index >= 15 is 0 Å². The molecule has 1 aliphatic rings. The van der Waals surface area contributed by atoms with Crippen LogP contribution in [0.4, 0.5) is 0 Å². The Balaban J connectivity index is 2.04. The van der Waals surface area contributed by atoms with Crippen LogP contribution in [0, 0.1) is 12.8 Å². The Labute approximate surface area is 161 Å². The summed E-state index contributed by atoms with van der Waals surface area (Å²) in [4.78, 5) is 19.8. The lowest BCUT2D eigenvalue weighted by Crippen LogP contribution is -2.54. The number of rotatable bonds is 7. The first-order chi connectivity index (χ1) is 12.2. The van der Waals surface area contributed by atoms with Crippen molar-refractivity contribution < 1.29 is 13.2 Å². The lowest BCUT2D eigenvalue weighted by atomic mass is 10.1. The highest BCUT2D eigenvalue weighted by Crippen LogP contribution is 2.23. The largest absolute Gasteiger partial charge is 0.335 e. The molecular weight excluding hydrogens is 372 g/mol. The maximum absolute atomic E-state index is 12.8. The van der Waals surface area contributed by atoms with Crippen molar-refractivity contribution in [2.75, 3.05) is 39.3 Å². The van der Waals surface area contributed by atoms with Crippen LogP contribution in [0.2, 0.25) is 0 Å². The smallest absolute Gasteiger partial charge is 0.282 e. The van der Waals surface area contributed by atoms with Crippen molar-refractivity contribution in [1.82, 2.24) is 18.5 Å². The van der Waals surface area contributed by atoms with Gasteiger partial charge in [0.25, 0.3) is 16.1 Å². The zero-order chi connectivity index (χ0) is 19.5. The summed E-state index contributed by atoms with van der Waals surface area (Å²) < 4.78 is 28.1. The van der Waals surface area contributed by atoms with Crippen LogP contribution in [-0.2, 0) is 16.6 Å². The molecule has 2 heterocycles. The summed E-state index contributed by atoms with van der Waals surface area (Å²) in [5.74, 6) is 0.465. The molecule has 1 amide bonds. The molecule has 148 valence electrons. The van der Waals surface area contributed by atoms with Gasteiger partial charge in [0.2, 0.25) is 0 Å². The Bertz CT molecular complexity index is 718. The minimum atomic E-state index is -3.44. The molecule has 2 rings (SSSR count). The molecule has 1 aliphatic heterocycles. The van der Waals surface area contributed by atoms with Crippen LogP contribution in [0.3, 0.4) is 0 Å². The van der Waals surface area contributed by atoms with Crippen molar-refractivity contribution in [3.63, 3.8) is 0 Å². The van der Waals surface area contributed by atoms with Crippen LogP contribution in [0.5, 0.6) is 0 Å². The van der Waals surface area contributed by atoms with Crippen LogP contribution < -0.4 is 0 Å². The van der Waals surface area contributed by atoms with Gasteiger partial charge in [-0.1, -0.05) is 27.7 Å². The van der Waals surface area contributed by atoms with Gasteiger partial charge >= 0.3 is 0 Å². The third-order valence-corrected chi connectivity index (χ3v) is 7.86. The molecule has 1 fully saturated rings. The van der Waals surface area contributed by atoms with E-state index in [9.17, 15) is 13.2 Å². The summed E-state index contributed by atoms with van der Waals surface area (Å²) in [6.07, 6.45) is 0.870. The van der Waals surface area contributed by atoms with Crippen molar-refractivity contribution in [2.24, 2.45) is 5.92 Å². The zero-order valence-electron chi connectivity index (χ0n) is 16.4. The molecule has 0 bridgehead atoms. The third-order valence-electron chi connectivity index (χ3n) is 4.50. The van der Waals surface area contributed by atoms with E-state index in [1.807, 2.05) is 20.8 Å². The van der Waals surface area contributed by atoms with Gasteiger partial charge in [-0.15, -0.1) is 11.3 Å². The Morgan fingerprint density at radius 1 is 1.19 bits per heavy atom. The van der Waals surface area contributed by atoms with Crippen molar-refractivity contribution in [3.05, 3.63) is 15.6 Å². The molecule has 26 heavy (non-hydrogen) atoms. The second kappa shape index (κ2) is 8.77. The molecule has 0 aromatic carbocycles. The summed E-state index contributed by atoms with van der Waals surface area (Å²) in [5.41, 5.74) is 0.772. The fourth-order valence-electron chi connectivity index (χ4n) is 3.07. The number of thiazole rings is 1. The summed E-state index contributed by atoms with van der Waals surface area (Å²) in [6.45, 7) is 12.2. The lowest BCUT2D eigenvalue weighted by molar-refractivity contribution is 0.0698. The quantitative estimate of drug-likeness (QED) is 0.699. The first-order valence-electron chi connectivity index (χ1n) is 9.21. The summed E-state index contributed by atoms with van der Waals surface area (Å²) in [5, 5.41) is 0.989. The van der Waals surface area contributed by atoms with E-state index in [4.69, 9.17) is 0 Å². The van der Waals surface area contributed by atoms with Gasteiger partial charge in [0, 0.05) is 45.7 Å². The Morgan fingerprint density at radius 2 is 1.77 bits per heavy atom. The molecule has 0 atom stereocenters. The van der Waals surface area contributed by atoms with E-state index in [1.165, 1.54) is 19.9 Å². The monoisotopic (exact) mass is 402 g/mol. The molecule has 1 saturated heterocycles. The third kappa shape index (κ3) is 4.62. The topological polar surface area (TPSA) is 73.8 Å². The average molecular weight is 403 g/mol. The van der Waals surface area contributed by atoms with Gasteiger partial charge in [-0.2, -0.15) is 17.0 Å². The van der Waals surface area contributed by atoms with E-state index in [0.29, 0.717) is 50.1 Å². The van der Waals surface area contributed by atoms with Crippen molar-refractivity contribution >= 4 is 27.5 Å². The van der Waals surface area contributed by atoms with Gasteiger partial charge in [0.15, 0.2) is 0 Å². The van der Waals surface area contributed by atoms with Gasteiger partial charge in [0.1, 0.15) is 4.88 Å². The number of carbonyl (C=O) groups is 1. The lowest BCUT2D eigenvalue weighted by Gasteiger charge is -2.36. The van der Waals surface area contributed by atoms with Crippen molar-refractivity contribution in [2.45, 2.75) is 41.0 Å². The number of hydrogen-bond acceptors (Lipinski definition) is 5. The highest BCUT2D eigenvalue weighted by Gasteiger charge is 2.33.